The maximum Gasteiger partial charge on any atom is 0.145 e. The third-order valence-electron chi connectivity index (χ3n) is 2.52. The molecule has 100 valence electrons. The van der Waals surface area contributed by atoms with Gasteiger partial charge in [0.15, 0.2) is 0 Å². The summed E-state index contributed by atoms with van der Waals surface area (Å²) in [7, 11) is 0. The third kappa shape index (κ3) is 4.03. The molecule has 0 aliphatic carbocycles. The van der Waals surface area contributed by atoms with E-state index < -0.39 is 0 Å². The number of nitrogens with two attached hydrogens (primary N) is 1. The van der Waals surface area contributed by atoms with Gasteiger partial charge in [0.2, 0.25) is 0 Å². The van der Waals surface area contributed by atoms with Crippen LogP contribution in [0.25, 0.3) is 0 Å². The number of aryl methyl sites for hydroxylation is 1. The SMILES string of the molecule is Cc1cccc(OCCNc2ncc(N)cc2Cl)c1. The van der Waals surface area contributed by atoms with Crippen molar-refractivity contribution in [1.29, 1.82) is 0 Å². The summed E-state index contributed by atoms with van der Waals surface area (Å²) in [6.07, 6.45) is 1.57. The van der Waals surface area contributed by atoms with Crippen LogP contribution in [0.2, 0.25) is 5.02 Å². The molecule has 2 aromatic rings. The molecule has 19 heavy (non-hydrogen) atoms. The molecule has 0 bridgehead atoms. The highest BCUT2D eigenvalue weighted by molar-refractivity contribution is 6.33. The summed E-state index contributed by atoms with van der Waals surface area (Å²) in [5.41, 5.74) is 7.30. The van der Waals surface area contributed by atoms with Gasteiger partial charge in [-0.25, -0.2) is 4.98 Å². The quantitative estimate of drug-likeness (QED) is 0.825. The lowest BCUT2D eigenvalue weighted by atomic mass is 10.2. The van der Waals surface area contributed by atoms with E-state index in [1.54, 1.807) is 12.3 Å². The molecule has 0 fully saturated rings. The molecular formula is C14H16ClN3O. The van der Waals surface area contributed by atoms with Gasteiger partial charge in [-0.1, -0.05) is 23.7 Å². The van der Waals surface area contributed by atoms with Gasteiger partial charge in [0.05, 0.1) is 23.5 Å². The van der Waals surface area contributed by atoms with E-state index in [4.69, 9.17) is 22.1 Å². The molecule has 0 saturated heterocycles. The molecule has 5 heteroatoms. The van der Waals surface area contributed by atoms with Gasteiger partial charge >= 0.3 is 0 Å². The van der Waals surface area contributed by atoms with Gasteiger partial charge in [0.25, 0.3) is 0 Å². The third-order valence-corrected chi connectivity index (χ3v) is 2.80. The maximum absolute atomic E-state index is 6.00. The Morgan fingerprint density at radius 3 is 2.95 bits per heavy atom. The molecule has 0 unspecified atom stereocenters. The largest absolute Gasteiger partial charge is 0.492 e. The van der Waals surface area contributed by atoms with Gasteiger partial charge in [-0.3, -0.25) is 0 Å². The number of pyridine rings is 1. The van der Waals surface area contributed by atoms with E-state index in [9.17, 15) is 0 Å². The first-order valence-corrected chi connectivity index (χ1v) is 6.37. The second-order valence-electron chi connectivity index (χ2n) is 4.19. The number of hydrogen-bond acceptors (Lipinski definition) is 4. The Morgan fingerprint density at radius 2 is 2.21 bits per heavy atom. The van der Waals surface area contributed by atoms with E-state index in [0.717, 1.165) is 5.75 Å². The number of aromatic nitrogens is 1. The molecule has 0 saturated carbocycles. The van der Waals surface area contributed by atoms with Crippen molar-refractivity contribution in [2.24, 2.45) is 0 Å². The zero-order valence-electron chi connectivity index (χ0n) is 10.7. The van der Waals surface area contributed by atoms with E-state index in [2.05, 4.69) is 10.3 Å². The molecule has 1 aromatic carbocycles. The molecule has 3 N–H and O–H groups in total. The number of anilines is 2. The number of rotatable bonds is 5. The van der Waals surface area contributed by atoms with Gasteiger partial charge in [0.1, 0.15) is 18.2 Å². The zero-order chi connectivity index (χ0) is 13.7. The average molecular weight is 278 g/mol. The van der Waals surface area contributed by atoms with E-state index in [1.165, 1.54) is 5.56 Å². The van der Waals surface area contributed by atoms with Gasteiger partial charge in [-0.05, 0) is 30.7 Å². The molecule has 0 amide bonds. The van der Waals surface area contributed by atoms with Crippen LogP contribution in [0.4, 0.5) is 11.5 Å². The number of nitrogens with zero attached hydrogens (tertiary/aromatic N) is 1. The standard InChI is InChI=1S/C14H16ClN3O/c1-10-3-2-4-12(7-10)19-6-5-17-14-13(15)8-11(16)9-18-14/h2-4,7-9H,5-6,16H2,1H3,(H,17,18). The van der Waals surface area contributed by atoms with Crippen LogP contribution >= 0.6 is 11.6 Å². The Balaban J connectivity index is 1.81. The van der Waals surface area contributed by atoms with Crippen LogP contribution in [0.3, 0.4) is 0 Å². The summed E-state index contributed by atoms with van der Waals surface area (Å²) >= 11 is 6.00. The molecule has 0 radical (unpaired) electrons. The number of hydrogen-bond donors (Lipinski definition) is 2. The van der Waals surface area contributed by atoms with Gasteiger partial charge in [-0.15, -0.1) is 0 Å². The predicted octanol–water partition coefficient (Wildman–Crippen LogP) is 3.12. The van der Waals surface area contributed by atoms with Crippen LogP contribution in [-0.4, -0.2) is 18.1 Å². The van der Waals surface area contributed by atoms with Crippen molar-refractivity contribution in [3.05, 3.63) is 47.1 Å². The molecular weight excluding hydrogens is 262 g/mol. The van der Waals surface area contributed by atoms with Crippen LogP contribution < -0.4 is 15.8 Å². The number of benzene rings is 1. The normalized spacial score (nSPS) is 10.2. The van der Waals surface area contributed by atoms with Gasteiger partial charge in [-0.2, -0.15) is 0 Å². The lowest BCUT2D eigenvalue weighted by Crippen LogP contribution is -2.12. The fourth-order valence-electron chi connectivity index (χ4n) is 1.63. The van der Waals surface area contributed by atoms with Crippen LogP contribution in [0.15, 0.2) is 36.5 Å². The zero-order valence-corrected chi connectivity index (χ0v) is 11.4. The fraction of sp³-hybridized carbons (Fsp3) is 0.214. The molecule has 0 aliphatic heterocycles. The highest BCUT2D eigenvalue weighted by atomic mass is 35.5. The van der Waals surface area contributed by atoms with Crippen LogP contribution in [0, 0.1) is 6.92 Å². The predicted molar refractivity (Wildman–Crippen MR) is 78.8 cm³/mol. The van der Waals surface area contributed by atoms with Crippen LogP contribution in [-0.2, 0) is 0 Å². The lowest BCUT2D eigenvalue weighted by molar-refractivity contribution is 0.332. The Kier molecular flexibility index (Phi) is 4.47. The van der Waals surface area contributed by atoms with Crippen molar-refractivity contribution in [3.63, 3.8) is 0 Å². The Labute approximate surface area is 117 Å². The second kappa shape index (κ2) is 6.29. The number of ether oxygens (including phenoxy) is 1. The summed E-state index contributed by atoms with van der Waals surface area (Å²) in [5, 5.41) is 3.61. The van der Waals surface area contributed by atoms with E-state index in [-0.39, 0.29) is 0 Å². The van der Waals surface area contributed by atoms with Crippen molar-refractivity contribution in [1.82, 2.24) is 4.98 Å². The number of nitrogens with one attached hydrogen (secondary N) is 1. The first-order valence-electron chi connectivity index (χ1n) is 5.99. The second-order valence-corrected chi connectivity index (χ2v) is 4.60. The Hall–Kier alpha value is -1.94. The van der Waals surface area contributed by atoms with Crippen LogP contribution in [0.1, 0.15) is 5.56 Å². The van der Waals surface area contributed by atoms with Gasteiger partial charge in [0, 0.05) is 0 Å². The smallest absolute Gasteiger partial charge is 0.145 e. The minimum atomic E-state index is 0.510. The highest BCUT2D eigenvalue weighted by Gasteiger charge is 2.01. The molecule has 4 nitrogen and oxygen atoms in total. The topological polar surface area (TPSA) is 60.2 Å². The highest BCUT2D eigenvalue weighted by Crippen LogP contribution is 2.20. The minimum Gasteiger partial charge on any atom is -0.492 e. The summed E-state index contributed by atoms with van der Waals surface area (Å²) in [4.78, 5) is 4.11. The molecule has 1 aromatic heterocycles. The van der Waals surface area contributed by atoms with E-state index in [0.29, 0.717) is 29.7 Å². The fourth-order valence-corrected chi connectivity index (χ4v) is 1.87. The summed E-state index contributed by atoms with van der Waals surface area (Å²) in [5.74, 6) is 1.47. The molecule has 2 rings (SSSR count). The monoisotopic (exact) mass is 277 g/mol. The average Bonchev–Trinajstić information content (AvgIpc) is 2.37. The summed E-state index contributed by atoms with van der Waals surface area (Å²) in [6.45, 7) is 3.18. The first-order chi connectivity index (χ1) is 9.15. The van der Waals surface area contributed by atoms with Crippen molar-refractivity contribution >= 4 is 23.1 Å². The lowest BCUT2D eigenvalue weighted by Gasteiger charge is -2.09. The van der Waals surface area contributed by atoms with Crippen molar-refractivity contribution in [3.8, 4) is 5.75 Å². The first kappa shape index (κ1) is 13.5. The van der Waals surface area contributed by atoms with Crippen LogP contribution in [0.5, 0.6) is 5.75 Å². The van der Waals surface area contributed by atoms with Gasteiger partial charge < -0.3 is 15.8 Å². The molecule has 1 heterocycles. The Bertz CT molecular complexity index is 560. The summed E-state index contributed by atoms with van der Waals surface area (Å²) < 4.78 is 5.61. The van der Waals surface area contributed by atoms with Crippen molar-refractivity contribution in [2.45, 2.75) is 6.92 Å². The Morgan fingerprint density at radius 1 is 1.37 bits per heavy atom. The van der Waals surface area contributed by atoms with E-state index in [1.807, 2.05) is 31.2 Å². The van der Waals surface area contributed by atoms with Crippen molar-refractivity contribution < 1.29 is 4.74 Å². The maximum atomic E-state index is 6.00. The number of halogens is 1. The van der Waals surface area contributed by atoms with E-state index >= 15 is 0 Å². The molecule has 0 aliphatic rings. The minimum absolute atomic E-state index is 0.510. The summed E-state index contributed by atoms with van der Waals surface area (Å²) in [6, 6.07) is 9.59. The molecule has 0 atom stereocenters. The molecule has 0 spiro atoms. The van der Waals surface area contributed by atoms with Crippen molar-refractivity contribution in [2.75, 3.05) is 24.2 Å². The number of nitrogen functional groups attached to an aromatic ring is 1.